The molecule has 1 aliphatic rings. The van der Waals surface area contributed by atoms with Gasteiger partial charge in [-0.2, -0.15) is 0 Å². The standard InChI is InChI=1S/C22H31NO2/c1-4-17(5-2)13-21(24)18-8-9-22-19(14-18)15-20(25-22)10-12-23-11-6-7-16(23)3/h8-9,14-17H,4-7,10-13H2,1-3H3/t16-/m1/s1. The van der Waals surface area contributed by atoms with E-state index >= 15 is 0 Å². The van der Waals surface area contributed by atoms with E-state index in [1.54, 1.807) is 0 Å². The molecule has 0 amide bonds. The topological polar surface area (TPSA) is 33.5 Å². The summed E-state index contributed by atoms with van der Waals surface area (Å²) in [6.07, 6.45) is 6.34. The fourth-order valence-corrected chi connectivity index (χ4v) is 3.93. The molecular weight excluding hydrogens is 310 g/mol. The van der Waals surface area contributed by atoms with Crippen LogP contribution in [0.25, 0.3) is 11.0 Å². The summed E-state index contributed by atoms with van der Waals surface area (Å²) in [5.41, 5.74) is 1.71. The van der Waals surface area contributed by atoms with Crippen LogP contribution in [0.5, 0.6) is 0 Å². The van der Waals surface area contributed by atoms with E-state index in [1.807, 2.05) is 18.2 Å². The molecule has 3 heteroatoms. The van der Waals surface area contributed by atoms with Crippen LogP contribution in [0.3, 0.4) is 0 Å². The van der Waals surface area contributed by atoms with Crippen molar-refractivity contribution in [2.75, 3.05) is 13.1 Å². The Morgan fingerprint density at radius 1 is 1.28 bits per heavy atom. The van der Waals surface area contributed by atoms with Gasteiger partial charge in [0, 0.05) is 36.4 Å². The molecule has 2 heterocycles. The molecule has 1 fully saturated rings. The van der Waals surface area contributed by atoms with E-state index in [1.165, 1.54) is 19.4 Å². The lowest BCUT2D eigenvalue weighted by Crippen LogP contribution is -2.28. The van der Waals surface area contributed by atoms with Crippen LogP contribution in [0.15, 0.2) is 28.7 Å². The van der Waals surface area contributed by atoms with Crippen LogP contribution < -0.4 is 0 Å². The molecule has 1 saturated heterocycles. The molecule has 0 radical (unpaired) electrons. The minimum absolute atomic E-state index is 0.254. The van der Waals surface area contributed by atoms with Crippen LogP contribution in [0.2, 0.25) is 0 Å². The molecular formula is C22H31NO2. The number of nitrogens with zero attached hydrogens (tertiary/aromatic N) is 1. The van der Waals surface area contributed by atoms with Gasteiger partial charge in [0.15, 0.2) is 5.78 Å². The Labute approximate surface area is 151 Å². The van der Waals surface area contributed by atoms with Gasteiger partial charge in [-0.3, -0.25) is 4.79 Å². The van der Waals surface area contributed by atoms with Gasteiger partial charge in [-0.25, -0.2) is 0 Å². The Morgan fingerprint density at radius 2 is 2.08 bits per heavy atom. The zero-order valence-corrected chi connectivity index (χ0v) is 15.9. The lowest BCUT2D eigenvalue weighted by Gasteiger charge is -2.19. The van der Waals surface area contributed by atoms with Crippen molar-refractivity contribution in [3.63, 3.8) is 0 Å². The molecule has 2 aromatic rings. The maximum absolute atomic E-state index is 12.5. The van der Waals surface area contributed by atoms with Crippen molar-refractivity contribution in [2.24, 2.45) is 5.92 Å². The number of carbonyl (C=O) groups is 1. The second kappa shape index (κ2) is 8.18. The number of benzene rings is 1. The summed E-state index contributed by atoms with van der Waals surface area (Å²) in [6.45, 7) is 8.89. The highest BCUT2D eigenvalue weighted by Gasteiger charge is 2.20. The molecule has 136 valence electrons. The molecule has 0 unspecified atom stereocenters. The Hall–Kier alpha value is -1.61. The predicted octanol–water partition coefficient (Wildman–Crippen LogP) is 5.47. The molecule has 0 aliphatic carbocycles. The number of fused-ring (bicyclic) bond motifs is 1. The number of rotatable bonds is 8. The summed E-state index contributed by atoms with van der Waals surface area (Å²) in [5.74, 6) is 1.77. The fourth-order valence-electron chi connectivity index (χ4n) is 3.93. The normalized spacial score (nSPS) is 18.5. The highest BCUT2D eigenvalue weighted by Crippen LogP contribution is 2.24. The summed E-state index contributed by atoms with van der Waals surface area (Å²) in [5, 5.41) is 1.06. The average molecular weight is 341 g/mol. The molecule has 0 spiro atoms. The van der Waals surface area contributed by atoms with E-state index < -0.39 is 0 Å². The highest BCUT2D eigenvalue weighted by atomic mass is 16.3. The number of ketones is 1. The van der Waals surface area contributed by atoms with E-state index in [9.17, 15) is 4.79 Å². The van der Waals surface area contributed by atoms with Crippen molar-refractivity contribution >= 4 is 16.8 Å². The van der Waals surface area contributed by atoms with Gasteiger partial charge in [0.1, 0.15) is 11.3 Å². The second-order valence-electron chi connectivity index (χ2n) is 7.55. The zero-order chi connectivity index (χ0) is 17.8. The Bertz CT molecular complexity index is 714. The third-order valence-corrected chi connectivity index (χ3v) is 5.85. The molecule has 1 aromatic heterocycles. The van der Waals surface area contributed by atoms with Gasteiger partial charge in [0.05, 0.1) is 0 Å². The van der Waals surface area contributed by atoms with Crippen molar-refractivity contribution in [2.45, 2.75) is 65.3 Å². The Kier molecular flexibility index (Phi) is 5.95. The number of carbonyl (C=O) groups excluding carboxylic acids is 1. The largest absolute Gasteiger partial charge is 0.461 e. The zero-order valence-electron chi connectivity index (χ0n) is 15.9. The first-order chi connectivity index (χ1) is 12.1. The number of Topliss-reactive ketones (excluding diaryl/α,β-unsaturated/α-hetero) is 1. The van der Waals surface area contributed by atoms with Crippen molar-refractivity contribution in [1.29, 1.82) is 0 Å². The van der Waals surface area contributed by atoms with Crippen molar-refractivity contribution in [3.8, 4) is 0 Å². The van der Waals surface area contributed by atoms with E-state index in [4.69, 9.17) is 4.42 Å². The molecule has 0 bridgehead atoms. The summed E-state index contributed by atoms with van der Waals surface area (Å²) in [7, 11) is 0. The predicted molar refractivity (Wildman–Crippen MR) is 103 cm³/mol. The molecule has 3 nitrogen and oxygen atoms in total. The summed E-state index contributed by atoms with van der Waals surface area (Å²) >= 11 is 0. The van der Waals surface area contributed by atoms with Crippen LogP contribution in [0, 0.1) is 5.92 Å². The van der Waals surface area contributed by atoms with Gasteiger partial charge in [0.2, 0.25) is 0 Å². The van der Waals surface area contributed by atoms with Gasteiger partial charge in [-0.15, -0.1) is 0 Å². The van der Waals surface area contributed by atoms with E-state index in [0.29, 0.717) is 18.4 Å². The third kappa shape index (κ3) is 4.33. The first-order valence-corrected chi connectivity index (χ1v) is 9.90. The quantitative estimate of drug-likeness (QED) is 0.597. The molecule has 25 heavy (non-hydrogen) atoms. The number of likely N-dealkylation sites (tertiary alicyclic amines) is 1. The van der Waals surface area contributed by atoms with E-state index in [-0.39, 0.29) is 5.78 Å². The summed E-state index contributed by atoms with van der Waals surface area (Å²) in [6, 6.07) is 8.69. The molecule has 1 atom stereocenters. The van der Waals surface area contributed by atoms with Crippen LogP contribution in [0.4, 0.5) is 0 Å². The van der Waals surface area contributed by atoms with Crippen molar-refractivity contribution < 1.29 is 9.21 Å². The van der Waals surface area contributed by atoms with Gasteiger partial charge < -0.3 is 9.32 Å². The van der Waals surface area contributed by atoms with Crippen LogP contribution >= 0.6 is 0 Å². The number of hydrogen-bond donors (Lipinski definition) is 0. The fraction of sp³-hybridized carbons (Fsp3) is 0.591. The molecule has 3 rings (SSSR count). The lowest BCUT2D eigenvalue weighted by molar-refractivity contribution is 0.0959. The number of hydrogen-bond acceptors (Lipinski definition) is 3. The van der Waals surface area contributed by atoms with Gasteiger partial charge in [-0.05, 0) is 56.5 Å². The Balaban J connectivity index is 1.67. The summed E-state index contributed by atoms with van der Waals surface area (Å²) in [4.78, 5) is 15.1. The smallest absolute Gasteiger partial charge is 0.163 e. The van der Waals surface area contributed by atoms with Gasteiger partial charge in [-0.1, -0.05) is 26.7 Å². The SMILES string of the molecule is CCC(CC)CC(=O)c1ccc2oc(CCN3CCC[C@H]3C)cc2c1. The average Bonchev–Trinajstić information content (AvgIpc) is 3.22. The van der Waals surface area contributed by atoms with Gasteiger partial charge in [0.25, 0.3) is 0 Å². The molecule has 1 aliphatic heterocycles. The molecule has 1 aromatic carbocycles. The van der Waals surface area contributed by atoms with Crippen molar-refractivity contribution in [1.82, 2.24) is 4.90 Å². The maximum atomic E-state index is 12.5. The first-order valence-electron chi connectivity index (χ1n) is 9.90. The summed E-state index contributed by atoms with van der Waals surface area (Å²) < 4.78 is 5.98. The molecule has 0 N–H and O–H groups in total. The van der Waals surface area contributed by atoms with Crippen LogP contribution in [0.1, 0.15) is 69.0 Å². The lowest BCUT2D eigenvalue weighted by atomic mass is 9.94. The van der Waals surface area contributed by atoms with Crippen LogP contribution in [-0.4, -0.2) is 29.8 Å². The van der Waals surface area contributed by atoms with E-state index in [2.05, 4.69) is 31.7 Å². The number of furan rings is 1. The minimum Gasteiger partial charge on any atom is -0.461 e. The first kappa shape index (κ1) is 18.2. The maximum Gasteiger partial charge on any atom is 0.163 e. The van der Waals surface area contributed by atoms with Crippen molar-refractivity contribution in [3.05, 3.63) is 35.6 Å². The van der Waals surface area contributed by atoms with Crippen LogP contribution in [-0.2, 0) is 6.42 Å². The van der Waals surface area contributed by atoms with Gasteiger partial charge >= 0.3 is 0 Å². The van der Waals surface area contributed by atoms with E-state index in [0.717, 1.165) is 48.1 Å². The molecule has 0 saturated carbocycles. The minimum atomic E-state index is 0.254. The third-order valence-electron chi connectivity index (χ3n) is 5.85. The monoisotopic (exact) mass is 341 g/mol. The second-order valence-corrected chi connectivity index (χ2v) is 7.55. The Morgan fingerprint density at radius 3 is 2.76 bits per heavy atom. The highest BCUT2D eigenvalue weighted by molar-refractivity contribution is 5.99.